The van der Waals surface area contributed by atoms with Crippen LogP contribution in [-0.2, 0) is 16.1 Å². The molecule has 0 aliphatic carbocycles. The summed E-state index contributed by atoms with van der Waals surface area (Å²) in [5, 5.41) is 7.14. The van der Waals surface area contributed by atoms with Crippen molar-refractivity contribution in [3.05, 3.63) is 46.6 Å². The van der Waals surface area contributed by atoms with Crippen molar-refractivity contribution in [1.82, 2.24) is 19.2 Å². The van der Waals surface area contributed by atoms with Gasteiger partial charge in [0.2, 0.25) is 11.6 Å². The van der Waals surface area contributed by atoms with Gasteiger partial charge in [-0.05, 0) is 24.6 Å². The van der Waals surface area contributed by atoms with Crippen LogP contribution in [0.5, 0.6) is 5.75 Å². The van der Waals surface area contributed by atoms with Crippen molar-refractivity contribution >= 4 is 23.1 Å². The molecule has 0 unspecified atom stereocenters. The van der Waals surface area contributed by atoms with Gasteiger partial charge in [0.05, 0.1) is 26.0 Å². The van der Waals surface area contributed by atoms with Gasteiger partial charge in [0, 0.05) is 25.5 Å². The lowest BCUT2D eigenvalue weighted by atomic mass is 10.2. The van der Waals surface area contributed by atoms with Crippen molar-refractivity contribution in [2.45, 2.75) is 13.5 Å². The van der Waals surface area contributed by atoms with Gasteiger partial charge in [-0.2, -0.15) is 0 Å². The Labute approximate surface area is 166 Å². The van der Waals surface area contributed by atoms with Crippen LogP contribution < -0.4 is 20.6 Å². The fraction of sp³-hybridized carbons (Fsp3) is 0.368. The lowest BCUT2D eigenvalue weighted by molar-refractivity contribution is -0.117. The topological polar surface area (TPSA) is 103 Å². The summed E-state index contributed by atoms with van der Waals surface area (Å²) < 4.78 is 13.2. The number of anilines is 2. The number of hydrogen-bond donors (Lipinski definition) is 1. The maximum absolute atomic E-state index is 12.7. The van der Waals surface area contributed by atoms with E-state index in [-0.39, 0.29) is 12.5 Å². The van der Waals surface area contributed by atoms with Crippen LogP contribution in [0.4, 0.5) is 11.5 Å². The predicted molar refractivity (Wildman–Crippen MR) is 107 cm³/mol. The van der Waals surface area contributed by atoms with E-state index in [1.165, 1.54) is 11.5 Å². The summed E-state index contributed by atoms with van der Waals surface area (Å²) in [6.07, 6.45) is 3.11. The van der Waals surface area contributed by atoms with E-state index in [1.807, 2.05) is 24.0 Å². The molecule has 1 aromatic carbocycles. The molecule has 0 radical (unpaired) electrons. The first-order valence-electron chi connectivity index (χ1n) is 9.28. The quantitative estimate of drug-likeness (QED) is 0.674. The number of nitrogens with one attached hydrogen (secondary N) is 1. The molecule has 1 aliphatic heterocycles. The number of ether oxygens (including phenoxy) is 2. The number of fused-ring (bicyclic) bond motifs is 1. The standard InChI is InChI=1S/C19H22N6O4/c1-13-3-4-15(28-2)14(11-13)21-16(26)12-25-19(27)24-6-5-20-17(18(24)22-25)23-7-9-29-10-8-23/h3-6,11H,7-10,12H2,1-2H3,(H,21,26). The van der Waals surface area contributed by atoms with Crippen LogP contribution in [0.1, 0.15) is 5.56 Å². The number of aromatic nitrogens is 4. The smallest absolute Gasteiger partial charge is 0.350 e. The monoisotopic (exact) mass is 398 g/mol. The molecule has 10 heteroatoms. The number of rotatable bonds is 5. The minimum Gasteiger partial charge on any atom is -0.495 e. The highest BCUT2D eigenvalue weighted by molar-refractivity contribution is 5.92. The molecule has 0 spiro atoms. The third-order valence-electron chi connectivity index (χ3n) is 4.72. The SMILES string of the molecule is COc1ccc(C)cc1NC(=O)Cn1nc2c(N3CCOCC3)nccn2c1=O. The number of methoxy groups -OCH3 is 1. The van der Waals surface area contributed by atoms with Gasteiger partial charge in [0.1, 0.15) is 12.3 Å². The molecule has 0 atom stereocenters. The van der Waals surface area contributed by atoms with E-state index in [0.29, 0.717) is 49.2 Å². The lowest BCUT2D eigenvalue weighted by Crippen LogP contribution is -2.37. The Bertz CT molecular complexity index is 1100. The van der Waals surface area contributed by atoms with Gasteiger partial charge in [-0.15, -0.1) is 5.10 Å². The number of hydrogen-bond acceptors (Lipinski definition) is 7. The first-order valence-corrected chi connectivity index (χ1v) is 9.28. The highest BCUT2D eigenvalue weighted by Crippen LogP contribution is 2.25. The molecular weight excluding hydrogens is 376 g/mol. The predicted octanol–water partition coefficient (Wildman–Crippen LogP) is 0.683. The van der Waals surface area contributed by atoms with Crippen LogP contribution in [0.2, 0.25) is 0 Å². The maximum atomic E-state index is 12.7. The van der Waals surface area contributed by atoms with Gasteiger partial charge in [-0.1, -0.05) is 6.07 Å². The van der Waals surface area contributed by atoms with E-state index < -0.39 is 5.69 Å². The van der Waals surface area contributed by atoms with Crippen LogP contribution in [-0.4, -0.2) is 58.5 Å². The maximum Gasteiger partial charge on any atom is 0.350 e. The number of nitrogens with zero attached hydrogens (tertiary/aromatic N) is 5. The molecule has 1 saturated heterocycles. The van der Waals surface area contributed by atoms with Crippen molar-refractivity contribution in [2.24, 2.45) is 0 Å². The average Bonchev–Trinajstić information content (AvgIpc) is 3.04. The summed E-state index contributed by atoms with van der Waals surface area (Å²) in [5.41, 5.74) is 1.54. The van der Waals surface area contributed by atoms with Crippen molar-refractivity contribution in [3.8, 4) is 5.75 Å². The van der Waals surface area contributed by atoms with Gasteiger partial charge in [0.25, 0.3) is 0 Å². The fourth-order valence-electron chi connectivity index (χ4n) is 3.28. The number of carbonyl (C=O) groups excluding carboxylic acids is 1. The van der Waals surface area contributed by atoms with Gasteiger partial charge in [0.15, 0.2) is 5.82 Å². The lowest BCUT2D eigenvalue weighted by Gasteiger charge is -2.27. The Morgan fingerprint density at radius 3 is 2.86 bits per heavy atom. The Hall–Kier alpha value is -3.40. The molecule has 152 valence electrons. The molecule has 1 amide bonds. The second kappa shape index (κ2) is 7.92. The van der Waals surface area contributed by atoms with E-state index in [4.69, 9.17) is 9.47 Å². The first-order chi connectivity index (χ1) is 14.1. The minimum absolute atomic E-state index is 0.222. The second-order valence-corrected chi connectivity index (χ2v) is 6.74. The average molecular weight is 398 g/mol. The normalized spacial score (nSPS) is 14.2. The number of amides is 1. The Balaban J connectivity index is 1.60. The second-order valence-electron chi connectivity index (χ2n) is 6.74. The van der Waals surface area contributed by atoms with Crippen LogP contribution in [0.3, 0.4) is 0 Å². The van der Waals surface area contributed by atoms with Crippen molar-refractivity contribution < 1.29 is 14.3 Å². The van der Waals surface area contributed by atoms with Crippen LogP contribution in [0, 0.1) is 6.92 Å². The number of benzene rings is 1. The van der Waals surface area contributed by atoms with Crippen LogP contribution in [0.25, 0.3) is 5.65 Å². The molecule has 29 heavy (non-hydrogen) atoms. The van der Waals surface area contributed by atoms with Gasteiger partial charge in [-0.25, -0.2) is 18.9 Å². The summed E-state index contributed by atoms with van der Waals surface area (Å²) in [6, 6.07) is 5.48. The van der Waals surface area contributed by atoms with Gasteiger partial charge in [-0.3, -0.25) is 4.79 Å². The van der Waals surface area contributed by atoms with E-state index >= 15 is 0 Å². The zero-order valence-electron chi connectivity index (χ0n) is 16.3. The minimum atomic E-state index is -0.400. The fourth-order valence-corrected chi connectivity index (χ4v) is 3.28. The molecule has 1 fully saturated rings. The molecule has 0 bridgehead atoms. The molecular formula is C19H22N6O4. The Kier molecular flexibility index (Phi) is 5.17. The Morgan fingerprint density at radius 1 is 1.31 bits per heavy atom. The van der Waals surface area contributed by atoms with E-state index in [0.717, 1.165) is 10.2 Å². The Morgan fingerprint density at radius 2 is 2.10 bits per heavy atom. The summed E-state index contributed by atoms with van der Waals surface area (Å²) in [7, 11) is 1.53. The number of carbonyl (C=O) groups is 1. The van der Waals surface area contributed by atoms with Gasteiger partial charge >= 0.3 is 5.69 Å². The summed E-state index contributed by atoms with van der Waals surface area (Å²) in [6.45, 7) is 4.22. The van der Waals surface area contributed by atoms with E-state index in [1.54, 1.807) is 18.5 Å². The summed E-state index contributed by atoms with van der Waals surface area (Å²) >= 11 is 0. The molecule has 3 heterocycles. The number of aryl methyl sites for hydroxylation is 1. The summed E-state index contributed by atoms with van der Waals surface area (Å²) in [5.74, 6) is 0.776. The zero-order valence-corrected chi connectivity index (χ0v) is 16.3. The van der Waals surface area contributed by atoms with Crippen LogP contribution in [0.15, 0.2) is 35.4 Å². The highest BCUT2D eigenvalue weighted by Gasteiger charge is 2.20. The molecule has 4 rings (SSSR count). The zero-order chi connectivity index (χ0) is 20.4. The van der Waals surface area contributed by atoms with Gasteiger partial charge < -0.3 is 19.7 Å². The third kappa shape index (κ3) is 3.79. The first kappa shape index (κ1) is 18.9. The largest absolute Gasteiger partial charge is 0.495 e. The molecule has 3 aromatic rings. The number of morpholine rings is 1. The molecule has 1 N–H and O–H groups in total. The van der Waals surface area contributed by atoms with Crippen molar-refractivity contribution in [3.63, 3.8) is 0 Å². The van der Waals surface area contributed by atoms with E-state index in [9.17, 15) is 9.59 Å². The molecule has 1 aliphatic rings. The summed E-state index contributed by atoms with van der Waals surface area (Å²) in [4.78, 5) is 31.7. The van der Waals surface area contributed by atoms with Crippen molar-refractivity contribution in [2.75, 3.05) is 43.6 Å². The van der Waals surface area contributed by atoms with E-state index in [2.05, 4.69) is 15.4 Å². The third-order valence-corrected chi connectivity index (χ3v) is 4.72. The molecule has 10 nitrogen and oxygen atoms in total. The molecule has 0 saturated carbocycles. The highest BCUT2D eigenvalue weighted by atomic mass is 16.5. The van der Waals surface area contributed by atoms with Crippen LogP contribution >= 0.6 is 0 Å². The van der Waals surface area contributed by atoms with Crippen molar-refractivity contribution in [1.29, 1.82) is 0 Å². The molecule has 2 aromatic heterocycles.